The van der Waals surface area contributed by atoms with E-state index < -0.39 is 10.8 Å². The fourth-order valence-corrected chi connectivity index (χ4v) is 16.0. The average Bonchev–Trinajstić information content (AvgIpc) is 1.53. The van der Waals surface area contributed by atoms with E-state index in [1.54, 1.807) is 26.0 Å². The molecule has 0 saturated carbocycles. The highest BCUT2D eigenvalue weighted by atomic mass is 19.1. The van der Waals surface area contributed by atoms with Crippen LogP contribution >= 0.6 is 0 Å². The number of aryl methyl sites for hydroxylation is 6. The van der Waals surface area contributed by atoms with Crippen LogP contribution in [0.5, 0.6) is 23.0 Å². The molecule has 0 N–H and O–H groups in total. The van der Waals surface area contributed by atoms with Gasteiger partial charge in [-0.15, -0.1) is 0 Å². The first-order valence-electron chi connectivity index (χ1n) is 33.9. The largest absolute Gasteiger partial charge is 0.457 e. The number of halogens is 2. The highest BCUT2D eigenvalue weighted by Crippen LogP contribution is 2.60. The molecule has 0 heterocycles. The first-order valence-corrected chi connectivity index (χ1v) is 33.9. The lowest BCUT2D eigenvalue weighted by Crippen LogP contribution is -2.28. The van der Waals surface area contributed by atoms with Gasteiger partial charge in [-0.05, 0) is 272 Å². The first kappa shape index (κ1) is 58.7. The number of ether oxygens (including phenoxy) is 2. The van der Waals surface area contributed by atoms with Crippen LogP contribution < -0.4 is 19.3 Å². The molecule has 18 rings (SSSR count). The van der Waals surface area contributed by atoms with Crippen molar-refractivity contribution < 1.29 is 18.3 Å². The molecule has 6 heteroatoms. The van der Waals surface area contributed by atoms with Crippen molar-refractivity contribution in [2.45, 2.75) is 50.4 Å². The average molecular weight is 1270 g/mol. The molecule has 2 unspecified atom stereocenters. The Bertz CT molecular complexity index is 5100. The number of fused-ring (bicyclic) bond motifs is 8. The van der Waals surface area contributed by atoms with Crippen LogP contribution in [0, 0.1) is 25.5 Å². The number of anilines is 6. The minimum absolute atomic E-state index is 0.280. The Kier molecular flexibility index (Phi) is 14.1. The van der Waals surface area contributed by atoms with Gasteiger partial charge < -0.3 is 19.3 Å². The van der Waals surface area contributed by atoms with Gasteiger partial charge in [0.1, 0.15) is 34.6 Å². The fourth-order valence-electron chi connectivity index (χ4n) is 16.0. The van der Waals surface area contributed by atoms with Crippen LogP contribution in [0.25, 0.3) is 33.4 Å². The SMILES string of the molecule is Cc1ccc(N(c2ccc(-c3ccc(N(c4ccc(C)c(F)c4)c4ccc5c(c4)C(c4ccccc4)(c4ccc(Oc6ccc7c(c6)CC7)cc4)c4ccccc4-5)cc3)cc2)c2ccc3c(c2)C(c2ccccc2)(c2ccc(Oc4ccc5c(c4)CC5)cc2)c2ccccc2-3)cc1F. The van der Waals surface area contributed by atoms with Gasteiger partial charge in [0.25, 0.3) is 0 Å². The third-order valence-corrected chi connectivity index (χ3v) is 21.1. The third-order valence-electron chi connectivity index (χ3n) is 21.1. The molecular formula is C92H66F2N2O2. The summed E-state index contributed by atoms with van der Waals surface area (Å²) in [6.45, 7) is 3.61. The van der Waals surface area contributed by atoms with E-state index in [1.165, 1.54) is 44.5 Å². The Morgan fingerprint density at radius 2 is 0.592 bits per heavy atom. The monoisotopic (exact) mass is 1270 g/mol. The van der Waals surface area contributed by atoms with E-state index in [0.717, 1.165) is 127 Å². The lowest BCUT2D eigenvalue weighted by atomic mass is 9.67. The summed E-state index contributed by atoms with van der Waals surface area (Å²) >= 11 is 0. The normalized spacial score (nSPS) is 15.7. The van der Waals surface area contributed by atoms with E-state index in [9.17, 15) is 0 Å². The van der Waals surface area contributed by atoms with Crippen LogP contribution in [-0.4, -0.2) is 0 Å². The zero-order valence-corrected chi connectivity index (χ0v) is 54.3. The maximum atomic E-state index is 16.1. The van der Waals surface area contributed by atoms with Gasteiger partial charge in [-0.2, -0.15) is 0 Å². The molecule has 14 aromatic rings. The zero-order chi connectivity index (χ0) is 65.6. The molecule has 0 aliphatic heterocycles. The first-order chi connectivity index (χ1) is 48.1. The van der Waals surface area contributed by atoms with E-state index in [2.05, 4.69) is 289 Å². The van der Waals surface area contributed by atoms with Gasteiger partial charge in [-0.25, -0.2) is 8.78 Å². The summed E-state index contributed by atoms with van der Waals surface area (Å²) in [6, 6.07) is 111. The summed E-state index contributed by atoms with van der Waals surface area (Å²) in [4.78, 5) is 4.33. The van der Waals surface area contributed by atoms with E-state index in [0.29, 0.717) is 22.5 Å². The van der Waals surface area contributed by atoms with Gasteiger partial charge in [-0.3, -0.25) is 0 Å². The van der Waals surface area contributed by atoms with Gasteiger partial charge in [-0.1, -0.05) is 194 Å². The van der Waals surface area contributed by atoms with Gasteiger partial charge in [0.05, 0.1) is 10.8 Å². The smallest absolute Gasteiger partial charge is 0.128 e. The molecule has 0 radical (unpaired) electrons. The van der Waals surface area contributed by atoms with E-state index >= 15 is 8.78 Å². The highest BCUT2D eigenvalue weighted by molar-refractivity contribution is 5.92. The van der Waals surface area contributed by atoms with Crippen LogP contribution in [0.3, 0.4) is 0 Å². The van der Waals surface area contributed by atoms with Gasteiger partial charge >= 0.3 is 0 Å². The second-order valence-corrected chi connectivity index (χ2v) is 26.5. The van der Waals surface area contributed by atoms with Crippen molar-refractivity contribution in [2.24, 2.45) is 0 Å². The van der Waals surface area contributed by atoms with Crippen LogP contribution in [0.1, 0.15) is 77.9 Å². The van der Waals surface area contributed by atoms with E-state index in [1.807, 2.05) is 24.3 Å². The molecule has 0 amide bonds. The lowest BCUT2D eigenvalue weighted by molar-refractivity contribution is 0.480. The predicted octanol–water partition coefficient (Wildman–Crippen LogP) is 23.7. The quantitative estimate of drug-likeness (QED) is 0.102. The predicted molar refractivity (Wildman–Crippen MR) is 393 cm³/mol. The molecule has 98 heavy (non-hydrogen) atoms. The van der Waals surface area contributed by atoms with Crippen molar-refractivity contribution in [3.63, 3.8) is 0 Å². The lowest BCUT2D eigenvalue weighted by Gasteiger charge is -2.35. The molecular weight excluding hydrogens is 1200 g/mol. The minimum Gasteiger partial charge on any atom is -0.457 e. The molecule has 14 aromatic carbocycles. The van der Waals surface area contributed by atoms with Crippen LogP contribution in [0.4, 0.5) is 42.9 Å². The summed E-state index contributed by atoms with van der Waals surface area (Å²) in [5.41, 5.74) is 25.9. The summed E-state index contributed by atoms with van der Waals surface area (Å²) in [5, 5.41) is 0. The van der Waals surface area contributed by atoms with Crippen molar-refractivity contribution in [3.8, 4) is 56.4 Å². The highest BCUT2D eigenvalue weighted by Gasteiger charge is 2.48. The van der Waals surface area contributed by atoms with Crippen molar-refractivity contribution in [1.82, 2.24) is 0 Å². The molecule has 4 aliphatic rings. The number of rotatable bonds is 15. The van der Waals surface area contributed by atoms with E-state index in [-0.39, 0.29) is 11.6 Å². The molecule has 0 bridgehead atoms. The Morgan fingerprint density at radius 3 is 0.969 bits per heavy atom. The fraction of sp³-hybridized carbons (Fsp3) is 0.0870. The Morgan fingerprint density at radius 1 is 0.265 bits per heavy atom. The second kappa shape index (κ2) is 23.5. The summed E-state index contributed by atoms with van der Waals surface area (Å²) in [6.07, 6.45) is 4.42. The van der Waals surface area contributed by atoms with Crippen molar-refractivity contribution >= 4 is 34.1 Å². The Hall–Kier alpha value is -11.9. The molecule has 2 atom stereocenters. The van der Waals surface area contributed by atoms with Gasteiger partial charge in [0.2, 0.25) is 0 Å². The standard InChI is InChI=1S/C92H66F2N2O2/c1-59-21-37-75(57-89(59)93)95(73-43-51-83-81-17-9-11-19-85(81)91(87(83)55-73,67-13-5-3-6-14-67)69-33-47-77(48-34-69)97-79-45-31-63-23-25-65(63)53-79)71-39-27-61(28-40-71)62-29-41-72(42-30-62)96(76-38-22-60(2)90(94)58-76)74-44-52-84-82-18-10-12-20-86(82)92(88(84)56-74,68-15-7-4-8-16-68)70-35-49-78(50-36-70)98-80-46-32-64-24-26-66(64)54-80/h3-22,27-58H,23-26H2,1-2H3. The van der Waals surface area contributed by atoms with Crippen LogP contribution in [-0.2, 0) is 36.5 Å². The molecule has 4 aliphatic carbocycles. The van der Waals surface area contributed by atoms with Gasteiger partial charge in [0, 0.05) is 34.1 Å². The zero-order valence-electron chi connectivity index (χ0n) is 54.3. The minimum atomic E-state index is -0.716. The Balaban J connectivity index is 0.711. The van der Waals surface area contributed by atoms with Gasteiger partial charge in [0.15, 0.2) is 0 Å². The summed E-state index contributed by atoms with van der Waals surface area (Å²) in [5.74, 6) is 2.68. The molecule has 0 fully saturated rings. The summed E-state index contributed by atoms with van der Waals surface area (Å²) < 4.78 is 45.2. The molecule has 0 spiro atoms. The maximum Gasteiger partial charge on any atom is 0.128 e. The van der Waals surface area contributed by atoms with Crippen LogP contribution in [0.15, 0.2) is 315 Å². The topological polar surface area (TPSA) is 24.9 Å². The number of hydrogen-bond acceptors (Lipinski definition) is 4. The van der Waals surface area contributed by atoms with Crippen molar-refractivity contribution in [3.05, 3.63) is 405 Å². The number of benzene rings is 14. The van der Waals surface area contributed by atoms with Crippen molar-refractivity contribution in [1.29, 1.82) is 0 Å². The second-order valence-electron chi connectivity index (χ2n) is 26.5. The number of nitrogens with zero attached hydrogens (tertiary/aromatic N) is 2. The molecule has 4 nitrogen and oxygen atoms in total. The van der Waals surface area contributed by atoms with Crippen LogP contribution in [0.2, 0.25) is 0 Å². The Labute approximate surface area is 570 Å². The maximum absolute atomic E-state index is 16.1. The molecule has 0 saturated heterocycles. The molecule has 470 valence electrons. The summed E-state index contributed by atoms with van der Waals surface area (Å²) in [7, 11) is 0. The van der Waals surface area contributed by atoms with E-state index in [4.69, 9.17) is 9.47 Å². The molecule has 0 aromatic heterocycles. The van der Waals surface area contributed by atoms with Crippen molar-refractivity contribution in [2.75, 3.05) is 9.80 Å². The number of hydrogen-bond donors (Lipinski definition) is 0. The third kappa shape index (κ3) is 9.60.